The molecule has 1 aromatic carbocycles. The Morgan fingerprint density at radius 3 is 2.50 bits per heavy atom. The highest BCUT2D eigenvalue weighted by Gasteiger charge is 2.17. The Bertz CT molecular complexity index is 469. The van der Waals surface area contributed by atoms with Gasteiger partial charge in [-0.1, -0.05) is 12.1 Å². The molecule has 5 nitrogen and oxygen atoms in total. The minimum atomic E-state index is -3.56. The van der Waals surface area contributed by atoms with Crippen molar-refractivity contribution in [1.82, 2.24) is 9.84 Å². The Balaban J connectivity index is 3.21. The van der Waals surface area contributed by atoms with Crippen molar-refractivity contribution >= 4 is 10.0 Å². The first-order valence-corrected chi connectivity index (χ1v) is 6.25. The molecule has 2 N–H and O–H groups in total. The predicted molar refractivity (Wildman–Crippen MR) is 61.1 cm³/mol. The summed E-state index contributed by atoms with van der Waals surface area (Å²) in [4.78, 5) is 2.54. The fourth-order valence-electron chi connectivity index (χ4n) is 1.32. The molecule has 0 aromatic heterocycles. The second kappa shape index (κ2) is 4.92. The number of benzene rings is 1. The lowest BCUT2D eigenvalue weighted by Gasteiger charge is -2.14. The Labute approximate surface area is 95.7 Å². The molecule has 1 aromatic rings. The first-order chi connectivity index (χ1) is 7.36. The van der Waals surface area contributed by atoms with Gasteiger partial charge in [-0.2, -0.15) is 0 Å². The van der Waals surface area contributed by atoms with Crippen LogP contribution in [0.2, 0.25) is 0 Å². The van der Waals surface area contributed by atoms with Crippen LogP contribution in [0.3, 0.4) is 0 Å². The average Bonchev–Trinajstić information content (AvgIpc) is 2.16. The van der Waals surface area contributed by atoms with Crippen molar-refractivity contribution < 1.29 is 13.5 Å². The molecule has 0 aliphatic heterocycles. The van der Waals surface area contributed by atoms with Crippen LogP contribution in [0, 0.1) is 6.92 Å². The first-order valence-electron chi connectivity index (χ1n) is 4.77. The summed E-state index contributed by atoms with van der Waals surface area (Å²) in [5.41, 5.74) is 1.22. The molecular formula is C10H16N2O3S. The molecule has 0 radical (unpaired) electrons. The lowest BCUT2D eigenvalue weighted by molar-refractivity contribution is 0.281. The van der Waals surface area contributed by atoms with E-state index in [1.165, 1.54) is 11.1 Å². The van der Waals surface area contributed by atoms with Gasteiger partial charge in [0.25, 0.3) is 10.0 Å². The molecule has 0 atom stereocenters. The zero-order valence-corrected chi connectivity index (χ0v) is 10.4. The summed E-state index contributed by atoms with van der Waals surface area (Å²) in [6.45, 7) is 1.54. The molecule has 90 valence electrons. The molecule has 0 heterocycles. The molecule has 0 fully saturated rings. The molecule has 0 aliphatic carbocycles. The molecule has 0 saturated carbocycles. The maximum absolute atomic E-state index is 11.9. The van der Waals surface area contributed by atoms with Crippen LogP contribution in [-0.2, 0) is 16.6 Å². The molecule has 0 amide bonds. The van der Waals surface area contributed by atoms with Gasteiger partial charge in [0.05, 0.1) is 11.5 Å². The highest BCUT2D eigenvalue weighted by Crippen LogP contribution is 2.17. The van der Waals surface area contributed by atoms with E-state index >= 15 is 0 Å². The van der Waals surface area contributed by atoms with E-state index in [1.807, 2.05) is 0 Å². The quantitative estimate of drug-likeness (QED) is 0.745. The van der Waals surface area contributed by atoms with Gasteiger partial charge in [0.15, 0.2) is 0 Å². The Morgan fingerprint density at radius 2 is 2.00 bits per heavy atom. The number of aliphatic hydroxyl groups excluding tert-OH is 1. The van der Waals surface area contributed by atoms with Crippen molar-refractivity contribution in [3.8, 4) is 0 Å². The topological polar surface area (TPSA) is 69.6 Å². The fraction of sp³-hybridized carbons (Fsp3) is 0.400. The molecule has 0 bridgehead atoms. The largest absolute Gasteiger partial charge is 0.392 e. The van der Waals surface area contributed by atoms with E-state index in [0.29, 0.717) is 11.1 Å². The molecular weight excluding hydrogens is 228 g/mol. The zero-order chi connectivity index (χ0) is 12.3. The second-order valence-electron chi connectivity index (χ2n) is 3.75. The summed E-state index contributed by atoms with van der Waals surface area (Å²) in [7, 11) is -0.358. The van der Waals surface area contributed by atoms with Crippen LogP contribution in [0.4, 0.5) is 0 Å². The number of nitrogens with zero attached hydrogens (tertiary/aromatic N) is 1. The van der Waals surface area contributed by atoms with Crippen LogP contribution in [0.5, 0.6) is 0 Å². The van der Waals surface area contributed by atoms with E-state index in [2.05, 4.69) is 4.83 Å². The van der Waals surface area contributed by atoms with Gasteiger partial charge in [0.1, 0.15) is 0 Å². The number of hydrogen-bond acceptors (Lipinski definition) is 4. The maximum atomic E-state index is 11.9. The molecule has 6 heteroatoms. The maximum Gasteiger partial charge on any atom is 0.253 e. The summed E-state index contributed by atoms with van der Waals surface area (Å²) in [6.07, 6.45) is 0. The summed E-state index contributed by atoms with van der Waals surface area (Å²) in [5.74, 6) is 0. The molecule has 0 aliphatic rings. The third-order valence-electron chi connectivity index (χ3n) is 2.03. The van der Waals surface area contributed by atoms with Gasteiger partial charge < -0.3 is 5.11 Å². The van der Waals surface area contributed by atoms with Gasteiger partial charge in [-0.25, -0.2) is 13.4 Å². The molecule has 1 rings (SSSR count). The van der Waals surface area contributed by atoms with Gasteiger partial charge in [0, 0.05) is 14.1 Å². The Hall–Kier alpha value is -0.950. The third kappa shape index (κ3) is 3.02. The second-order valence-corrected chi connectivity index (χ2v) is 5.38. The van der Waals surface area contributed by atoms with Crippen molar-refractivity contribution in [2.75, 3.05) is 14.1 Å². The van der Waals surface area contributed by atoms with Crippen LogP contribution in [0.25, 0.3) is 0 Å². The van der Waals surface area contributed by atoms with Crippen LogP contribution in [0.1, 0.15) is 11.1 Å². The smallest absolute Gasteiger partial charge is 0.253 e. The van der Waals surface area contributed by atoms with Gasteiger partial charge in [-0.05, 0) is 24.1 Å². The molecule has 0 saturated heterocycles. The summed E-state index contributed by atoms with van der Waals surface area (Å²) < 4.78 is 23.8. The Morgan fingerprint density at radius 1 is 1.38 bits per heavy atom. The van der Waals surface area contributed by atoms with Crippen molar-refractivity contribution in [2.24, 2.45) is 0 Å². The van der Waals surface area contributed by atoms with E-state index in [4.69, 9.17) is 5.11 Å². The van der Waals surface area contributed by atoms with Gasteiger partial charge >= 0.3 is 0 Å². The van der Waals surface area contributed by atoms with Crippen molar-refractivity contribution in [1.29, 1.82) is 0 Å². The van der Waals surface area contributed by atoms with Crippen LogP contribution in [0.15, 0.2) is 23.1 Å². The van der Waals surface area contributed by atoms with Gasteiger partial charge in [-0.3, -0.25) is 0 Å². The van der Waals surface area contributed by atoms with Crippen molar-refractivity contribution in [3.63, 3.8) is 0 Å². The predicted octanol–water partition coefficient (Wildman–Crippen LogP) is 0.242. The summed E-state index contributed by atoms with van der Waals surface area (Å²) in [6, 6.07) is 4.85. The number of sulfonamides is 1. The van der Waals surface area contributed by atoms with E-state index in [1.54, 1.807) is 33.2 Å². The fourth-order valence-corrected chi connectivity index (χ4v) is 2.70. The number of nitrogens with one attached hydrogen (secondary N) is 1. The highest BCUT2D eigenvalue weighted by atomic mass is 32.2. The summed E-state index contributed by atoms with van der Waals surface area (Å²) >= 11 is 0. The first kappa shape index (κ1) is 13.1. The van der Waals surface area contributed by atoms with Gasteiger partial charge in [0.2, 0.25) is 0 Å². The average molecular weight is 244 g/mol. The zero-order valence-electron chi connectivity index (χ0n) is 9.56. The number of aryl methyl sites for hydroxylation is 1. The van der Waals surface area contributed by atoms with Crippen LogP contribution < -0.4 is 4.83 Å². The molecule has 0 unspecified atom stereocenters. The van der Waals surface area contributed by atoms with Crippen molar-refractivity contribution in [3.05, 3.63) is 29.3 Å². The lowest BCUT2D eigenvalue weighted by Crippen LogP contribution is -2.36. The van der Waals surface area contributed by atoms with E-state index in [-0.39, 0.29) is 11.5 Å². The van der Waals surface area contributed by atoms with Gasteiger partial charge in [-0.15, -0.1) is 4.83 Å². The highest BCUT2D eigenvalue weighted by molar-refractivity contribution is 7.89. The SMILES string of the molecule is Cc1ccc(CO)cc1S(=O)(=O)NN(C)C. The third-order valence-corrected chi connectivity index (χ3v) is 3.65. The summed E-state index contributed by atoms with van der Waals surface area (Å²) in [5, 5.41) is 10.3. The Kier molecular flexibility index (Phi) is 4.03. The molecule has 0 spiro atoms. The van der Waals surface area contributed by atoms with E-state index < -0.39 is 10.0 Å². The number of rotatable bonds is 4. The minimum Gasteiger partial charge on any atom is -0.392 e. The number of hydrogen-bond donors (Lipinski definition) is 2. The molecule has 16 heavy (non-hydrogen) atoms. The van der Waals surface area contributed by atoms with Crippen LogP contribution in [-0.4, -0.2) is 32.6 Å². The minimum absolute atomic E-state index is 0.176. The van der Waals surface area contributed by atoms with E-state index in [9.17, 15) is 8.42 Å². The standard InChI is InChI=1S/C10H16N2O3S/c1-8-4-5-9(7-13)6-10(8)16(14,15)11-12(2)3/h4-6,11,13H,7H2,1-3H3. The monoisotopic (exact) mass is 244 g/mol. The van der Waals surface area contributed by atoms with E-state index in [0.717, 1.165) is 0 Å². The number of aliphatic hydroxyl groups is 1. The lowest BCUT2D eigenvalue weighted by atomic mass is 10.2. The normalized spacial score (nSPS) is 12.1. The number of hydrazine groups is 1. The van der Waals surface area contributed by atoms with Crippen LogP contribution >= 0.6 is 0 Å². The van der Waals surface area contributed by atoms with Crippen molar-refractivity contribution in [2.45, 2.75) is 18.4 Å².